The average Bonchev–Trinajstić information content (AvgIpc) is 3.42. The van der Waals surface area contributed by atoms with Gasteiger partial charge in [-0.2, -0.15) is 5.26 Å². The summed E-state index contributed by atoms with van der Waals surface area (Å²) >= 11 is 0. The highest BCUT2D eigenvalue weighted by Gasteiger charge is 2.19. The maximum absolute atomic E-state index is 12.3. The largest absolute Gasteiger partial charge is 0.339 e. The smallest absolute Gasteiger partial charge is 0.253 e. The van der Waals surface area contributed by atoms with E-state index in [0.29, 0.717) is 5.56 Å². The first-order valence-electron chi connectivity index (χ1n) is 9.76. The first-order chi connectivity index (χ1) is 13.2. The predicted octanol–water partition coefficient (Wildman–Crippen LogP) is 4.17. The maximum atomic E-state index is 12.3. The number of carbonyl (C=O) groups excluding carboxylic acids is 1. The molecule has 140 valence electrons. The number of carbonyl (C=O) groups is 1. The van der Waals surface area contributed by atoms with Gasteiger partial charge < -0.3 is 9.80 Å². The van der Waals surface area contributed by atoms with Crippen molar-refractivity contribution in [2.24, 2.45) is 0 Å². The van der Waals surface area contributed by atoms with E-state index in [1.165, 1.54) is 25.9 Å². The number of nitriles is 1. The third kappa shape index (κ3) is 5.18. The molecular formula is C23H27N3O. The molecule has 0 N–H and O–H groups in total. The van der Waals surface area contributed by atoms with Crippen LogP contribution in [0, 0.1) is 11.3 Å². The highest BCUT2D eigenvalue weighted by molar-refractivity contribution is 5.94. The molecule has 0 atom stereocenters. The van der Waals surface area contributed by atoms with Crippen LogP contribution in [0.3, 0.4) is 0 Å². The predicted molar refractivity (Wildman–Crippen MR) is 108 cm³/mol. The molecule has 0 bridgehead atoms. The zero-order chi connectivity index (χ0) is 19.1. The molecule has 0 radical (unpaired) electrons. The zero-order valence-electron chi connectivity index (χ0n) is 16.0. The monoisotopic (exact) mass is 361 g/mol. The van der Waals surface area contributed by atoms with Gasteiger partial charge in [0.25, 0.3) is 5.91 Å². The maximum Gasteiger partial charge on any atom is 0.253 e. The van der Waals surface area contributed by atoms with Crippen LogP contribution in [0.2, 0.25) is 0 Å². The van der Waals surface area contributed by atoms with Crippen molar-refractivity contribution in [2.45, 2.75) is 25.7 Å². The molecule has 0 spiro atoms. The third-order valence-corrected chi connectivity index (χ3v) is 5.20. The fourth-order valence-electron chi connectivity index (χ4n) is 3.52. The SMILES string of the molecule is CN1CCCC1.N#Cc1ccc(-c2ccc(C(=O)N3CCCC3)cc2)cc1. The molecule has 2 heterocycles. The van der Waals surface area contributed by atoms with Crippen LogP contribution in [0.4, 0.5) is 0 Å². The van der Waals surface area contributed by atoms with E-state index in [9.17, 15) is 4.79 Å². The van der Waals surface area contributed by atoms with Crippen LogP contribution < -0.4 is 0 Å². The Bertz CT molecular complexity index is 778. The van der Waals surface area contributed by atoms with Crippen LogP contribution in [0.5, 0.6) is 0 Å². The van der Waals surface area contributed by atoms with Gasteiger partial charge in [-0.05, 0) is 81.2 Å². The summed E-state index contributed by atoms with van der Waals surface area (Å²) in [6, 6.07) is 17.3. The number of hydrogen-bond donors (Lipinski definition) is 0. The van der Waals surface area contributed by atoms with Crippen molar-refractivity contribution in [1.82, 2.24) is 9.80 Å². The van der Waals surface area contributed by atoms with Gasteiger partial charge in [0.05, 0.1) is 11.6 Å². The van der Waals surface area contributed by atoms with Gasteiger partial charge in [0.1, 0.15) is 0 Å². The molecule has 0 aromatic heterocycles. The molecule has 4 nitrogen and oxygen atoms in total. The molecule has 2 aromatic rings. The molecule has 0 aliphatic carbocycles. The van der Waals surface area contributed by atoms with E-state index in [4.69, 9.17) is 5.26 Å². The van der Waals surface area contributed by atoms with Crippen molar-refractivity contribution in [3.63, 3.8) is 0 Å². The molecule has 1 amide bonds. The van der Waals surface area contributed by atoms with Gasteiger partial charge in [-0.1, -0.05) is 24.3 Å². The number of amides is 1. The Labute approximate surface area is 162 Å². The highest BCUT2D eigenvalue weighted by Crippen LogP contribution is 2.21. The van der Waals surface area contributed by atoms with Gasteiger partial charge >= 0.3 is 0 Å². The first-order valence-corrected chi connectivity index (χ1v) is 9.76. The minimum atomic E-state index is 0.124. The summed E-state index contributed by atoms with van der Waals surface area (Å²) in [5.41, 5.74) is 3.50. The molecular weight excluding hydrogens is 334 g/mol. The third-order valence-electron chi connectivity index (χ3n) is 5.20. The molecule has 2 aliphatic heterocycles. The summed E-state index contributed by atoms with van der Waals surface area (Å²) in [4.78, 5) is 16.5. The topological polar surface area (TPSA) is 47.3 Å². The fraction of sp³-hybridized carbons (Fsp3) is 0.391. The summed E-state index contributed by atoms with van der Waals surface area (Å²) in [7, 11) is 2.17. The van der Waals surface area contributed by atoms with E-state index >= 15 is 0 Å². The van der Waals surface area contributed by atoms with Crippen molar-refractivity contribution in [3.05, 3.63) is 59.7 Å². The lowest BCUT2D eigenvalue weighted by Gasteiger charge is -2.15. The van der Waals surface area contributed by atoms with Crippen LogP contribution >= 0.6 is 0 Å². The van der Waals surface area contributed by atoms with Crippen molar-refractivity contribution in [3.8, 4) is 17.2 Å². The summed E-state index contributed by atoms with van der Waals surface area (Å²) in [6.07, 6.45) is 5.04. The number of rotatable bonds is 2. The van der Waals surface area contributed by atoms with Crippen molar-refractivity contribution >= 4 is 5.91 Å². The summed E-state index contributed by atoms with van der Waals surface area (Å²) < 4.78 is 0. The Hall–Kier alpha value is -2.64. The Morgan fingerprint density at radius 3 is 1.74 bits per heavy atom. The zero-order valence-corrected chi connectivity index (χ0v) is 16.0. The van der Waals surface area contributed by atoms with E-state index < -0.39 is 0 Å². The second kappa shape index (κ2) is 9.34. The average molecular weight is 361 g/mol. The first kappa shape index (κ1) is 19.1. The summed E-state index contributed by atoms with van der Waals surface area (Å²) in [5.74, 6) is 0.124. The van der Waals surface area contributed by atoms with E-state index in [2.05, 4.69) is 18.0 Å². The summed E-state index contributed by atoms with van der Waals surface area (Å²) in [6.45, 7) is 4.38. The molecule has 0 unspecified atom stereocenters. The Kier molecular flexibility index (Phi) is 6.62. The van der Waals surface area contributed by atoms with Crippen LogP contribution in [0.25, 0.3) is 11.1 Å². The lowest BCUT2D eigenvalue weighted by atomic mass is 10.0. The molecule has 2 saturated heterocycles. The number of hydrogen-bond acceptors (Lipinski definition) is 3. The highest BCUT2D eigenvalue weighted by atomic mass is 16.2. The van der Waals surface area contributed by atoms with E-state index in [0.717, 1.165) is 42.6 Å². The normalized spacial score (nSPS) is 16.5. The summed E-state index contributed by atoms with van der Waals surface area (Å²) in [5, 5.41) is 8.81. The van der Waals surface area contributed by atoms with Gasteiger partial charge in [-0.3, -0.25) is 4.79 Å². The van der Waals surface area contributed by atoms with Crippen LogP contribution in [-0.2, 0) is 0 Å². The Morgan fingerprint density at radius 2 is 1.30 bits per heavy atom. The van der Waals surface area contributed by atoms with Gasteiger partial charge in [0, 0.05) is 18.7 Å². The van der Waals surface area contributed by atoms with Gasteiger partial charge in [-0.25, -0.2) is 0 Å². The van der Waals surface area contributed by atoms with Crippen molar-refractivity contribution < 1.29 is 4.79 Å². The minimum Gasteiger partial charge on any atom is -0.339 e. The molecule has 27 heavy (non-hydrogen) atoms. The molecule has 2 aromatic carbocycles. The van der Waals surface area contributed by atoms with Crippen LogP contribution in [-0.4, -0.2) is 48.9 Å². The number of benzene rings is 2. The van der Waals surface area contributed by atoms with Crippen molar-refractivity contribution in [1.29, 1.82) is 5.26 Å². The van der Waals surface area contributed by atoms with Crippen LogP contribution in [0.1, 0.15) is 41.6 Å². The second-order valence-electron chi connectivity index (χ2n) is 7.28. The number of nitrogens with zero attached hydrogens (tertiary/aromatic N) is 3. The van der Waals surface area contributed by atoms with Gasteiger partial charge in [-0.15, -0.1) is 0 Å². The molecule has 0 saturated carbocycles. The van der Waals surface area contributed by atoms with Gasteiger partial charge in [0.15, 0.2) is 0 Å². The molecule has 2 aliphatic rings. The van der Waals surface area contributed by atoms with Crippen LogP contribution in [0.15, 0.2) is 48.5 Å². The lowest BCUT2D eigenvalue weighted by molar-refractivity contribution is 0.0793. The van der Waals surface area contributed by atoms with Crippen molar-refractivity contribution in [2.75, 3.05) is 33.2 Å². The fourth-order valence-corrected chi connectivity index (χ4v) is 3.52. The second-order valence-corrected chi connectivity index (χ2v) is 7.28. The van der Waals surface area contributed by atoms with Gasteiger partial charge in [0.2, 0.25) is 0 Å². The molecule has 2 fully saturated rings. The molecule has 4 heteroatoms. The van der Waals surface area contributed by atoms with E-state index in [1.54, 1.807) is 12.1 Å². The quantitative estimate of drug-likeness (QED) is 0.806. The van der Waals surface area contributed by atoms with E-state index in [-0.39, 0.29) is 5.91 Å². The standard InChI is InChI=1S/C18H16N2O.C5H11N/c19-13-14-3-5-15(6-4-14)16-7-9-17(10-8-16)18(21)20-11-1-2-12-20;1-6-4-2-3-5-6/h3-10H,1-2,11-12H2;2-5H2,1H3. The minimum absolute atomic E-state index is 0.124. The Balaban J connectivity index is 0.000000299. The number of likely N-dealkylation sites (tertiary alicyclic amines) is 2. The Morgan fingerprint density at radius 1 is 0.815 bits per heavy atom. The molecule has 4 rings (SSSR count). The lowest BCUT2D eigenvalue weighted by Crippen LogP contribution is -2.27. The van der Waals surface area contributed by atoms with E-state index in [1.807, 2.05) is 41.3 Å².